The Kier molecular flexibility index (Phi) is 6.02. The second kappa shape index (κ2) is 8.00. The molecule has 1 saturated heterocycles. The first-order valence-corrected chi connectivity index (χ1v) is 7.49. The highest BCUT2D eigenvalue weighted by molar-refractivity contribution is 6.30. The van der Waals surface area contributed by atoms with Crippen molar-refractivity contribution in [3.05, 3.63) is 34.9 Å². The molecule has 0 bridgehead atoms. The SMILES string of the molecule is O=CN1CCN(C(=O)CNCCc2ccc(Cl)cc2)CC1. The highest BCUT2D eigenvalue weighted by Crippen LogP contribution is 2.09. The Morgan fingerprint density at radius 3 is 2.48 bits per heavy atom. The number of carbonyl (C=O) groups is 2. The average Bonchev–Trinajstić information content (AvgIpc) is 2.53. The summed E-state index contributed by atoms with van der Waals surface area (Å²) in [6.45, 7) is 3.59. The molecule has 0 radical (unpaired) electrons. The first kappa shape index (κ1) is 15.8. The lowest BCUT2D eigenvalue weighted by molar-refractivity contribution is -0.134. The molecule has 2 rings (SSSR count). The highest BCUT2D eigenvalue weighted by Gasteiger charge is 2.19. The van der Waals surface area contributed by atoms with Gasteiger partial charge in [0, 0.05) is 31.2 Å². The lowest BCUT2D eigenvalue weighted by Gasteiger charge is -2.32. The van der Waals surface area contributed by atoms with E-state index in [9.17, 15) is 9.59 Å². The van der Waals surface area contributed by atoms with Crippen molar-refractivity contribution >= 4 is 23.9 Å². The number of hydrogen-bond donors (Lipinski definition) is 1. The summed E-state index contributed by atoms with van der Waals surface area (Å²) in [4.78, 5) is 26.1. The molecule has 21 heavy (non-hydrogen) atoms. The molecule has 5 nitrogen and oxygen atoms in total. The second-order valence-electron chi connectivity index (χ2n) is 5.08. The van der Waals surface area contributed by atoms with Crippen LogP contribution in [-0.2, 0) is 16.0 Å². The number of piperazine rings is 1. The molecule has 0 atom stereocenters. The van der Waals surface area contributed by atoms with E-state index in [0.717, 1.165) is 24.4 Å². The normalized spacial score (nSPS) is 15.1. The van der Waals surface area contributed by atoms with Gasteiger partial charge in [-0.15, -0.1) is 0 Å². The van der Waals surface area contributed by atoms with Gasteiger partial charge < -0.3 is 15.1 Å². The van der Waals surface area contributed by atoms with E-state index < -0.39 is 0 Å². The van der Waals surface area contributed by atoms with E-state index in [4.69, 9.17) is 11.6 Å². The number of hydrogen-bond acceptors (Lipinski definition) is 3. The van der Waals surface area contributed by atoms with Gasteiger partial charge in [0.15, 0.2) is 0 Å². The fourth-order valence-corrected chi connectivity index (χ4v) is 2.39. The molecule has 2 amide bonds. The van der Waals surface area contributed by atoms with Crippen LogP contribution >= 0.6 is 11.6 Å². The van der Waals surface area contributed by atoms with Crippen molar-refractivity contribution in [2.24, 2.45) is 0 Å². The molecule has 6 heteroatoms. The molecular weight excluding hydrogens is 290 g/mol. The van der Waals surface area contributed by atoms with Crippen molar-refractivity contribution in [3.63, 3.8) is 0 Å². The Balaban J connectivity index is 1.63. The van der Waals surface area contributed by atoms with Crippen LogP contribution in [0.15, 0.2) is 24.3 Å². The van der Waals surface area contributed by atoms with Crippen molar-refractivity contribution in [2.75, 3.05) is 39.3 Å². The van der Waals surface area contributed by atoms with Crippen LogP contribution in [0.2, 0.25) is 5.02 Å². The van der Waals surface area contributed by atoms with Crippen LogP contribution in [0.3, 0.4) is 0 Å². The van der Waals surface area contributed by atoms with E-state index in [1.165, 1.54) is 5.56 Å². The van der Waals surface area contributed by atoms with Gasteiger partial charge in [0.2, 0.25) is 12.3 Å². The summed E-state index contributed by atoms with van der Waals surface area (Å²) in [6, 6.07) is 7.72. The molecule has 1 N–H and O–H groups in total. The Hall–Kier alpha value is -1.59. The maximum Gasteiger partial charge on any atom is 0.236 e. The number of amides is 2. The summed E-state index contributed by atoms with van der Waals surface area (Å²) in [5.41, 5.74) is 1.19. The molecule has 0 unspecified atom stereocenters. The fraction of sp³-hybridized carbons (Fsp3) is 0.467. The van der Waals surface area contributed by atoms with Gasteiger partial charge in [-0.05, 0) is 30.7 Å². The Bertz CT molecular complexity index is 470. The summed E-state index contributed by atoms with van der Waals surface area (Å²) >= 11 is 5.83. The maximum absolute atomic E-state index is 12.0. The zero-order chi connectivity index (χ0) is 15.1. The zero-order valence-electron chi connectivity index (χ0n) is 11.9. The lowest BCUT2D eigenvalue weighted by atomic mass is 10.1. The van der Waals surface area contributed by atoms with Crippen LogP contribution in [0, 0.1) is 0 Å². The number of benzene rings is 1. The van der Waals surface area contributed by atoms with Crippen molar-refractivity contribution in [1.29, 1.82) is 0 Å². The van der Waals surface area contributed by atoms with Crippen LogP contribution in [0.1, 0.15) is 5.56 Å². The van der Waals surface area contributed by atoms with Crippen LogP contribution in [0.4, 0.5) is 0 Å². The standard InChI is InChI=1S/C15H20ClN3O2/c16-14-3-1-13(2-4-14)5-6-17-11-15(21)19-9-7-18(12-20)8-10-19/h1-4,12,17H,5-11H2. The van der Waals surface area contributed by atoms with Gasteiger partial charge in [0.1, 0.15) is 0 Å². The first-order valence-electron chi connectivity index (χ1n) is 7.11. The number of nitrogens with one attached hydrogen (secondary N) is 1. The minimum atomic E-state index is 0.0941. The van der Waals surface area contributed by atoms with Gasteiger partial charge >= 0.3 is 0 Å². The van der Waals surface area contributed by atoms with E-state index in [0.29, 0.717) is 32.7 Å². The summed E-state index contributed by atoms with van der Waals surface area (Å²) < 4.78 is 0. The van der Waals surface area contributed by atoms with Crippen molar-refractivity contribution in [2.45, 2.75) is 6.42 Å². The van der Waals surface area contributed by atoms with E-state index >= 15 is 0 Å². The van der Waals surface area contributed by atoms with Gasteiger partial charge in [-0.25, -0.2) is 0 Å². The Labute approximate surface area is 129 Å². The largest absolute Gasteiger partial charge is 0.342 e. The summed E-state index contributed by atoms with van der Waals surface area (Å²) in [7, 11) is 0. The minimum absolute atomic E-state index is 0.0941. The van der Waals surface area contributed by atoms with Crippen LogP contribution in [0.25, 0.3) is 0 Å². The molecule has 1 aromatic rings. The van der Waals surface area contributed by atoms with Crippen LogP contribution in [0.5, 0.6) is 0 Å². The molecule has 1 fully saturated rings. The molecule has 1 aromatic carbocycles. The molecule has 0 aromatic heterocycles. The Morgan fingerprint density at radius 1 is 1.19 bits per heavy atom. The predicted octanol–water partition coefficient (Wildman–Crippen LogP) is 0.773. The van der Waals surface area contributed by atoms with E-state index in [1.807, 2.05) is 24.3 Å². The summed E-state index contributed by atoms with van der Waals surface area (Å²) in [6.07, 6.45) is 1.70. The third kappa shape index (κ3) is 5.02. The van der Waals surface area contributed by atoms with Crippen molar-refractivity contribution < 1.29 is 9.59 Å². The smallest absolute Gasteiger partial charge is 0.236 e. The molecule has 0 spiro atoms. The predicted molar refractivity (Wildman–Crippen MR) is 82.2 cm³/mol. The van der Waals surface area contributed by atoms with E-state index in [1.54, 1.807) is 9.80 Å². The van der Waals surface area contributed by atoms with Gasteiger partial charge in [-0.3, -0.25) is 9.59 Å². The number of carbonyl (C=O) groups excluding carboxylic acids is 2. The quantitative estimate of drug-likeness (QED) is 0.624. The second-order valence-corrected chi connectivity index (χ2v) is 5.51. The van der Waals surface area contributed by atoms with E-state index in [2.05, 4.69) is 5.32 Å². The summed E-state index contributed by atoms with van der Waals surface area (Å²) in [5.74, 6) is 0.0941. The fourth-order valence-electron chi connectivity index (χ4n) is 2.27. The van der Waals surface area contributed by atoms with Gasteiger partial charge in [-0.2, -0.15) is 0 Å². The lowest BCUT2D eigenvalue weighted by Crippen LogP contribution is -2.50. The molecule has 0 aliphatic carbocycles. The number of nitrogens with zero attached hydrogens (tertiary/aromatic N) is 2. The molecule has 0 saturated carbocycles. The zero-order valence-corrected chi connectivity index (χ0v) is 12.7. The first-order chi connectivity index (χ1) is 10.2. The van der Waals surface area contributed by atoms with Gasteiger partial charge in [-0.1, -0.05) is 23.7 Å². The van der Waals surface area contributed by atoms with Gasteiger partial charge in [0.05, 0.1) is 6.54 Å². The van der Waals surface area contributed by atoms with Crippen molar-refractivity contribution in [1.82, 2.24) is 15.1 Å². The van der Waals surface area contributed by atoms with Crippen LogP contribution in [-0.4, -0.2) is 61.4 Å². The Morgan fingerprint density at radius 2 is 1.86 bits per heavy atom. The molecule has 1 aliphatic heterocycles. The summed E-state index contributed by atoms with van der Waals surface area (Å²) in [5, 5.41) is 3.90. The maximum atomic E-state index is 12.0. The molecule has 114 valence electrons. The topological polar surface area (TPSA) is 52.7 Å². The number of halogens is 1. The van der Waals surface area contributed by atoms with Crippen molar-refractivity contribution in [3.8, 4) is 0 Å². The third-order valence-corrected chi connectivity index (χ3v) is 3.85. The van der Waals surface area contributed by atoms with Gasteiger partial charge in [0.25, 0.3) is 0 Å². The molecule has 1 heterocycles. The number of rotatable bonds is 6. The minimum Gasteiger partial charge on any atom is -0.342 e. The van der Waals surface area contributed by atoms with E-state index in [-0.39, 0.29) is 5.91 Å². The van der Waals surface area contributed by atoms with Crippen LogP contribution < -0.4 is 5.32 Å². The average molecular weight is 310 g/mol. The molecular formula is C15H20ClN3O2. The monoisotopic (exact) mass is 309 g/mol. The highest BCUT2D eigenvalue weighted by atomic mass is 35.5. The molecule has 1 aliphatic rings. The third-order valence-electron chi connectivity index (χ3n) is 3.60.